The zero-order chi connectivity index (χ0) is 13.6. The van der Waals surface area contributed by atoms with Crippen molar-refractivity contribution >= 4 is 11.0 Å². The van der Waals surface area contributed by atoms with Crippen molar-refractivity contribution in [3.05, 3.63) is 29.6 Å². The summed E-state index contributed by atoms with van der Waals surface area (Å²) in [5.41, 5.74) is 9.56. The number of aromatic nitrogens is 2. The lowest BCUT2D eigenvalue weighted by molar-refractivity contribution is 0.395. The first-order valence-electron chi connectivity index (χ1n) is 7.18. The molecule has 0 atom stereocenters. The smallest absolute Gasteiger partial charge is 0.112 e. The maximum Gasteiger partial charge on any atom is 0.112 e. The molecule has 1 aliphatic rings. The molecule has 0 unspecified atom stereocenters. The molecule has 102 valence electrons. The number of fused-ring (bicyclic) bond motifs is 1. The summed E-state index contributed by atoms with van der Waals surface area (Å²) < 4.78 is 2.26. The third-order valence-corrected chi connectivity index (χ3v) is 4.11. The predicted molar refractivity (Wildman–Crippen MR) is 79.3 cm³/mol. The standard InChI is InChI=1S/C16H23N3/c1-16(2,17)10-11-7-8-14-13(9-11)18-15(19(14)3)12-5-4-6-12/h7-9,12H,4-6,10,17H2,1-3H3. The lowest BCUT2D eigenvalue weighted by Crippen LogP contribution is -2.34. The Hall–Kier alpha value is -1.35. The van der Waals surface area contributed by atoms with Gasteiger partial charge in [0.05, 0.1) is 11.0 Å². The molecule has 2 N–H and O–H groups in total. The van der Waals surface area contributed by atoms with E-state index in [1.807, 2.05) is 0 Å². The third-order valence-electron chi connectivity index (χ3n) is 4.11. The van der Waals surface area contributed by atoms with Gasteiger partial charge in [0.15, 0.2) is 0 Å². The molecule has 1 aromatic heterocycles. The average Bonchev–Trinajstić information content (AvgIpc) is 2.51. The first-order chi connectivity index (χ1) is 8.94. The van der Waals surface area contributed by atoms with Crippen LogP contribution in [-0.4, -0.2) is 15.1 Å². The fourth-order valence-corrected chi connectivity index (χ4v) is 2.93. The molecule has 1 aromatic carbocycles. The number of hydrogen-bond acceptors (Lipinski definition) is 2. The lowest BCUT2D eigenvalue weighted by atomic mass is 9.85. The van der Waals surface area contributed by atoms with E-state index in [9.17, 15) is 0 Å². The van der Waals surface area contributed by atoms with Gasteiger partial charge in [0.25, 0.3) is 0 Å². The minimum atomic E-state index is -0.167. The first kappa shape index (κ1) is 12.7. The highest BCUT2D eigenvalue weighted by Gasteiger charge is 2.24. The van der Waals surface area contributed by atoms with E-state index >= 15 is 0 Å². The summed E-state index contributed by atoms with van der Waals surface area (Å²) in [6.07, 6.45) is 4.82. The number of nitrogens with two attached hydrogens (primary N) is 1. The van der Waals surface area contributed by atoms with Gasteiger partial charge in [0, 0.05) is 18.5 Å². The molecule has 19 heavy (non-hydrogen) atoms. The van der Waals surface area contributed by atoms with Crippen LogP contribution < -0.4 is 5.73 Å². The van der Waals surface area contributed by atoms with Crippen LogP contribution in [0.5, 0.6) is 0 Å². The van der Waals surface area contributed by atoms with Crippen LogP contribution >= 0.6 is 0 Å². The van der Waals surface area contributed by atoms with Crippen molar-refractivity contribution in [3.8, 4) is 0 Å². The first-order valence-corrected chi connectivity index (χ1v) is 7.18. The highest BCUT2D eigenvalue weighted by Crippen LogP contribution is 2.36. The molecule has 3 heteroatoms. The van der Waals surface area contributed by atoms with E-state index in [4.69, 9.17) is 10.7 Å². The van der Waals surface area contributed by atoms with Crippen LogP contribution in [0, 0.1) is 0 Å². The SMILES string of the molecule is Cn1c(C2CCC2)nc2cc(CC(C)(C)N)ccc21. The van der Waals surface area contributed by atoms with Crippen LogP contribution in [0.25, 0.3) is 11.0 Å². The van der Waals surface area contributed by atoms with Gasteiger partial charge in [-0.2, -0.15) is 0 Å². The lowest BCUT2D eigenvalue weighted by Gasteiger charge is -2.24. The van der Waals surface area contributed by atoms with Gasteiger partial charge in [-0.25, -0.2) is 4.98 Å². The van der Waals surface area contributed by atoms with Crippen molar-refractivity contribution < 1.29 is 0 Å². The molecule has 0 amide bonds. The van der Waals surface area contributed by atoms with E-state index in [1.165, 1.54) is 36.2 Å². The van der Waals surface area contributed by atoms with Gasteiger partial charge in [-0.3, -0.25) is 0 Å². The van der Waals surface area contributed by atoms with Crippen LogP contribution in [0.2, 0.25) is 0 Å². The predicted octanol–water partition coefficient (Wildman–Crippen LogP) is 3.12. The molecule has 3 rings (SSSR count). The quantitative estimate of drug-likeness (QED) is 0.918. The Morgan fingerprint density at radius 2 is 2.11 bits per heavy atom. The Morgan fingerprint density at radius 1 is 1.37 bits per heavy atom. The molecule has 1 saturated carbocycles. The van der Waals surface area contributed by atoms with Gasteiger partial charge < -0.3 is 10.3 Å². The van der Waals surface area contributed by atoms with Gasteiger partial charge in [-0.1, -0.05) is 12.5 Å². The molecular formula is C16H23N3. The Morgan fingerprint density at radius 3 is 2.68 bits per heavy atom. The molecule has 0 radical (unpaired) electrons. The molecule has 0 aliphatic heterocycles. The summed E-state index contributed by atoms with van der Waals surface area (Å²) in [6.45, 7) is 4.13. The van der Waals surface area contributed by atoms with Crippen molar-refractivity contribution in [2.45, 2.75) is 51.0 Å². The number of imidazole rings is 1. The number of nitrogens with zero attached hydrogens (tertiary/aromatic N) is 2. The van der Waals surface area contributed by atoms with E-state index in [0.29, 0.717) is 5.92 Å². The van der Waals surface area contributed by atoms with Crippen LogP contribution in [0.4, 0.5) is 0 Å². The van der Waals surface area contributed by atoms with E-state index in [2.05, 4.69) is 43.7 Å². The monoisotopic (exact) mass is 257 g/mol. The second kappa shape index (κ2) is 4.34. The summed E-state index contributed by atoms with van der Waals surface area (Å²) >= 11 is 0. The summed E-state index contributed by atoms with van der Waals surface area (Å²) in [5.74, 6) is 1.93. The number of hydrogen-bond donors (Lipinski definition) is 1. The Bertz CT molecular complexity index is 600. The Kier molecular flexibility index (Phi) is 2.90. The number of benzene rings is 1. The van der Waals surface area contributed by atoms with Crippen molar-refractivity contribution in [2.75, 3.05) is 0 Å². The van der Waals surface area contributed by atoms with Gasteiger partial charge in [-0.05, 0) is 50.8 Å². The van der Waals surface area contributed by atoms with Gasteiger partial charge in [-0.15, -0.1) is 0 Å². The maximum atomic E-state index is 6.10. The fourth-order valence-electron chi connectivity index (χ4n) is 2.93. The summed E-state index contributed by atoms with van der Waals surface area (Å²) in [5, 5.41) is 0. The number of rotatable bonds is 3. The zero-order valence-electron chi connectivity index (χ0n) is 12.1. The van der Waals surface area contributed by atoms with Crippen LogP contribution in [0.15, 0.2) is 18.2 Å². The van der Waals surface area contributed by atoms with Crippen LogP contribution in [-0.2, 0) is 13.5 Å². The van der Waals surface area contributed by atoms with E-state index < -0.39 is 0 Å². The highest BCUT2D eigenvalue weighted by atomic mass is 15.1. The largest absolute Gasteiger partial charge is 0.331 e. The van der Waals surface area contributed by atoms with Crippen molar-refractivity contribution in [1.82, 2.24) is 9.55 Å². The Balaban J connectivity index is 1.99. The van der Waals surface area contributed by atoms with Crippen LogP contribution in [0.1, 0.15) is 50.4 Å². The fraction of sp³-hybridized carbons (Fsp3) is 0.562. The molecule has 2 aromatic rings. The minimum Gasteiger partial charge on any atom is -0.331 e. The molecule has 1 aliphatic carbocycles. The summed E-state index contributed by atoms with van der Waals surface area (Å²) in [6, 6.07) is 6.57. The summed E-state index contributed by atoms with van der Waals surface area (Å²) in [4.78, 5) is 4.85. The molecule has 1 fully saturated rings. The van der Waals surface area contributed by atoms with E-state index in [1.54, 1.807) is 0 Å². The highest BCUT2D eigenvalue weighted by molar-refractivity contribution is 5.77. The van der Waals surface area contributed by atoms with Crippen molar-refractivity contribution in [3.63, 3.8) is 0 Å². The van der Waals surface area contributed by atoms with Gasteiger partial charge in [0.1, 0.15) is 5.82 Å². The maximum absolute atomic E-state index is 6.10. The summed E-state index contributed by atoms with van der Waals surface area (Å²) in [7, 11) is 2.13. The topological polar surface area (TPSA) is 43.8 Å². The van der Waals surface area contributed by atoms with Crippen molar-refractivity contribution in [2.24, 2.45) is 12.8 Å². The van der Waals surface area contributed by atoms with E-state index in [0.717, 1.165) is 11.9 Å². The third kappa shape index (κ3) is 2.39. The molecule has 3 nitrogen and oxygen atoms in total. The molecule has 1 heterocycles. The normalized spacial score (nSPS) is 16.8. The van der Waals surface area contributed by atoms with Gasteiger partial charge >= 0.3 is 0 Å². The molecule has 0 spiro atoms. The molecule has 0 saturated heterocycles. The number of aryl methyl sites for hydroxylation is 1. The second-order valence-corrected chi connectivity index (χ2v) is 6.65. The van der Waals surface area contributed by atoms with Gasteiger partial charge in [0.2, 0.25) is 0 Å². The molecule has 0 bridgehead atoms. The van der Waals surface area contributed by atoms with Crippen LogP contribution in [0.3, 0.4) is 0 Å². The van der Waals surface area contributed by atoms with E-state index in [-0.39, 0.29) is 5.54 Å². The van der Waals surface area contributed by atoms with Crippen molar-refractivity contribution in [1.29, 1.82) is 0 Å². The average molecular weight is 257 g/mol. The second-order valence-electron chi connectivity index (χ2n) is 6.65. The zero-order valence-corrected chi connectivity index (χ0v) is 12.1. The minimum absolute atomic E-state index is 0.167. The molecular weight excluding hydrogens is 234 g/mol. The Labute approximate surface area is 114 Å².